The highest BCUT2D eigenvalue weighted by Crippen LogP contribution is 2.38. The van der Waals surface area contributed by atoms with E-state index in [1.165, 1.54) is 5.56 Å². The van der Waals surface area contributed by atoms with Gasteiger partial charge in [0.05, 0.1) is 18.2 Å². The Morgan fingerprint density at radius 2 is 1.85 bits per heavy atom. The number of nitrogens with zero attached hydrogens (tertiary/aromatic N) is 3. The predicted octanol–water partition coefficient (Wildman–Crippen LogP) is 6.06. The second-order valence-electron chi connectivity index (χ2n) is 7.93. The van der Waals surface area contributed by atoms with Crippen LogP contribution in [0.15, 0.2) is 82.3 Å². The third kappa shape index (κ3) is 4.19. The van der Waals surface area contributed by atoms with E-state index in [4.69, 9.17) is 9.51 Å². The molecule has 166 valence electrons. The molecule has 3 heterocycles. The number of nitrogens with one attached hydrogen (secondary N) is 1. The second kappa shape index (κ2) is 9.03. The van der Waals surface area contributed by atoms with Crippen molar-refractivity contribution in [2.24, 2.45) is 0 Å². The first-order valence-corrected chi connectivity index (χ1v) is 11.8. The summed E-state index contributed by atoms with van der Waals surface area (Å²) < 4.78 is 5.75. The van der Waals surface area contributed by atoms with Gasteiger partial charge in [-0.2, -0.15) is 4.98 Å². The minimum atomic E-state index is -0.382. The van der Waals surface area contributed by atoms with Crippen LogP contribution in [-0.2, 0) is 13.0 Å². The molecule has 0 radical (unpaired) electrons. The summed E-state index contributed by atoms with van der Waals surface area (Å²) in [6.45, 7) is 4.56. The Bertz CT molecular complexity index is 1280. The number of aryl methyl sites for hydroxylation is 1. The van der Waals surface area contributed by atoms with Gasteiger partial charge in [-0.1, -0.05) is 72.7 Å². The molecule has 2 amide bonds. The standard InChI is InChI=1S/C26H24N4O2S/c1-3-18-11-13-19(14-12-18)23-22(25-28-24(29-32-25)20-8-5-4-6-9-20)17(2)30(26(31)27-23)16-21-10-7-15-33-21/h4-15,23H,3,16H2,1-2H3,(H,27,31). The van der Waals surface area contributed by atoms with E-state index in [1.807, 2.05) is 54.8 Å². The maximum Gasteiger partial charge on any atom is 0.322 e. The van der Waals surface area contributed by atoms with Crippen molar-refractivity contribution in [3.8, 4) is 11.4 Å². The van der Waals surface area contributed by atoms with E-state index in [0.29, 0.717) is 18.3 Å². The van der Waals surface area contributed by atoms with Crippen molar-refractivity contribution in [1.29, 1.82) is 0 Å². The van der Waals surface area contributed by atoms with Crippen LogP contribution in [-0.4, -0.2) is 21.1 Å². The molecule has 1 aliphatic rings. The van der Waals surface area contributed by atoms with Gasteiger partial charge < -0.3 is 9.84 Å². The zero-order valence-electron chi connectivity index (χ0n) is 18.5. The van der Waals surface area contributed by atoms with Gasteiger partial charge in [0.25, 0.3) is 5.89 Å². The molecule has 6 nitrogen and oxygen atoms in total. The van der Waals surface area contributed by atoms with E-state index in [-0.39, 0.29) is 12.1 Å². The fourth-order valence-electron chi connectivity index (χ4n) is 4.04. The highest BCUT2D eigenvalue weighted by atomic mass is 32.1. The fraction of sp³-hybridized carbons (Fsp3) is 0.192. The van der Waals surface area contributed by atoms with Crippen molar-refractivity contribution in [1.82, 2.24) is 20.4 Å². The van der Waals surface area contributed by atoms with Crippen molar-refractivity contribution in [2.75, 3.05) is 0 Å². The first kappa shape index (κ1) is 21.2. The maximum atomic E-state index is 13.2. The normalized spacial score (nSPS) is 16.2. The lowest BCUT2D eigenvalue weighted by atomic mass is 9.93. The largest absolute Gasteiger partial charge is 0.334 e. The van der Waals surface area contributed by atoms with E-state index >= 15 is 0 Å². The minimum absolute atomic E-state index is 0.142. The number of aromatic nitrogens is 2. The molecule has 5 rings (SSSR count). The Labute approximate surface area is 196 Å². The summed E-state index contributed by atoms with van der Waals surface area (Å²) in [5.41, 5.74) is 4.71. The molecule has 0 saturated heterocycles. The molecule has 1 atom stereocenters. The molecule has 0 fully saturated rings. The number of thiophene rings is 1. The van der Waals surface area contributed by atoms with Crippen LogP contribution in [0.2, 0.25) is 0 Å². The number of carbonyl (C=O) groups is 1. The first-order valence-electron chi connectivity index (χ1n) is 10.9. The summed E-state index contributed by atoms with van der Waals surface area (Å²) in [6, 6.07) is 21.5. The van der Waals surface area contributed by atoms with E-state index in [1.54, 1.807) is 16.2 Å². The minimum Gasteiger partial charge on any atom is -0.334 e. The SMILES string of the molecule is CCc1ccc(C2NC(=O)N(Cc3cccs3)C(C)=C2c2nc(-c3ccccc3)no2)cc1. The number of rotatable bonds is 6. The smallest absolute Gasteiger partial charge is 0.322 e. The molecule has 0 spiro atoms. The van der Waals surface area contributed by atoms with Gasteiger partial charge in [-0.15, -0.1) is 11.3 Å². The van der Waals surface area contributed by atoms with Crippen LogP contribution in [0.3, 0.4) is 0 Å². The van der Waals surface area contributed by atoms with Crippen LogP contribution in [0.4, 0.5) is 4.79 Å². The van der Waals surface area contributed by atoms with Gasteiger partial charge in [-0.05, 0) is 35.9 Å². The Hall–Kier alpha value is -3.71. The molecule has 2 aromatic heterocycles. The average Bonchev–Trinajstić information content (AvgIpc) is 3.54. The number of hydrogen-bond acceptors (Lipinski definition) is 5. The molecular weight excluding hydrogens is 432 g/mol. The Morgan fingerprint density at radius 3 is 2.55 bits per heavy atom. The molecule has 4 aromatic rings. The lowest BCUT2D eigenvalue weighted by Crippen LogP contribution is -2.45. The molecule has 1 unspecified atom stereocenters. The van der Waals surface area contributed by atoms with E-state index < -0.39 is 0 Å². The first-order chi connectivity index (χ1) is 16.1. The Kier molecular flexibility index (Phi) is 5.79. The van der Waals surface area contributed by atoms with Crippen LogP contribution in [0.25, 0.3) is 17.0 Å². The van der Waals surface area contributed by atoms with E-state index in [0.717, 1.165) is 33.7 Å². The van der Waals surface area contributed by atoms with Crippen LogP contribution < -0.4 is 5.32 Å². The predicted molar refractivity (Wildman–Crippen MR) is 129 cm³/mol. The summed E-state index contributed by atoms with van der Waals surface area (Å²) in [7, 11) is 0. The zero-order chi connectivity index (χ0) is 22.8. The monoisotopic (exact) mass is 456 g/mol. The fourth-order valence-corrected chi connectivity index (χ4v) is 4.73. The van der Waals surface area contributed by atoms with Gasteiger partial charge in [-0.3, -0.25) is 4.90 Å². The molecule has 2 aromatic carbocycles. The van der Waals surface area contributed by atoms with Crippen molar-refractivity contribution in [3.63, 3.8) is 0 Å². The quantitative estimate of drug-likeness (QED) is 0.383. The van der Waals surface area contributed by atoms with Crippen molar-refractivity contribution >= 4 is 22.9 Å². The van der Waals surface area contributed by atoms with E-state index in [2.05, 4.69) is 41.7 Å². The van der Waals surface area contributed by atoms with Gasteiger partial charge >= 0.3 is 6.03 Å². The van der Waals surface area contributed by atoms with Crippen LogP contribution >= 0.6 is 11.3 Å². The molecule has 0 bridgehead atoms. The molecule has 1 N–H and O–H groups in total. The van der Waals surface area contributed by atoms with Crippen molar-refractivity contribution in [2.45, 2.75) is 32.9 Å². The van der Waals surface area contributed by atoms with Gasteiger partial charge in [0.15, 0.2) is 0 Å². The number of benzene rings is 2. The topological polar surface area (TPSA) is 71.3 Å². The number of carbonyl (C=O) groups excluding carboxylic acids is 1. The average molecular weight is 457 g/mol. The molecular formula is C26H24N4O2S. The molecule has 0 saturated carbocycles. The lowest BCUT2D eigenvalue weighted by molar-refractivity contribution is 0.203. The summed E-state index contributed by atoms with van der Waals surface area (Å²) in [6.07, 6.45) is 0.956. The molecule has 1 aliphatic heterocycles. The molecule has 7 heteroatoms. The van der Waals surface area contributed by atoms with Gasteiger partial charge in [0.1, 0.15) is 0 Å². The summed E-state index contributed by atoms with van der Waals surface area (Å²) in [4.78, 5) is 20.7. The molecule has 0 aliphatic carbocycles. The number of hydrogen-bond donors (Lipinski definition) is 1. The van der Waals surface area contributed by atoms with Crippen LogP contribution in [0, 0.1) is 0 Å². The van der Waals surface area contributed by atoms with Crippen LogP contribution in [0.1, 0.15) is 41.8 Å². The number of allylic oxidation sites excluding steroid dienone is 1. The highest BCUT2D eigenvalue weighted by molar-refractivity contribution is 7.09. The number of amides is 2. The Morgan fingerprint density at radius 1 is 1.06 bits per heavy atom. The lowest BCUT2D eigenvalue weighted by Gasteiger charge is -2.35. The number of urea groups is 1. The van der Waals surface area contributed by atoms with Crippen molar-refractivity contribution in [3.05, 3.63) is 99.7 Å². The highest BCUT2D eigenvalue weighted by Gasteiger charge is 2.35. The zero-order valence-corrected chi connectivity index (χ0v) is 19.3. The summed E-state index contributed by atoms with van der Waals surface area (Å²) >= 11 is 1.62. The third-order valence-electron chi connectivity index (χ3n) is 5.90. The van der Waals surface area contributed by atoms with Gasteiger partial charge in [0.2, 0.25) is 5.82 Å². The third-order valence-corrected chi connectivity index (χ3v) is 6.76. The second-order valence-corrected chi connectivity index (χ2v) is 8.96. The molecule has 33 heavy (non-hydrogen) atoms. The van der Waals surface area contributed by atoms with Gasteiger partial charge in [0, 0.05) is 16.1 Å². The van der Waals surface area contributed by atoms with Gasteiger partial charge in [-0.25, -0.2) is 4.79 Å². The summed E-state index contributed by atoms with van der Waals surface area (Å²) in [5, 5.41) is 9.40. The van der Waals surface area contributed by atoms with E-state index in [9.17, 15) is 4.79 Å². The Balaban J connectivity index is 1.59. The summed E-state index contributed by atoms with van der Waals surface area (Å²) in [5.74, 6) is 0.930. The van der Waals surface area contributed by atoms with Crippen molar-refractivity contribution < 1.29 is 9.32 Å². The maximum absolute atomic E-state index is 13.2. The van der Waals surface area contributed by atoms with Crippen LogP contribution in [0.5, 0.6) is 0 Å².